The predicted molar refractivity (Wildman–Crippen MR) is 149 cm³/mol. The smallest absolute Gasteiger partial charge is 0.434 e. The minimum atomic E-state index is -0.457. The zero-order valence-electron chi connectivity index (χ0n) is 24.5. The highest BCUT2D eigenvalue weighted by atomic mass is 16.7. The third-order valence-electron chi connectivity index (χ3n) is 11.5. The summed E-state index contributed by atoms with van der Waals surface area (Å²) in [4.78, 5) is 12.2. The minimum absolute atomic E-state index is 0.00374. The van der Waals surface area contributed by atoms with E-state index in [4.69, 9.17) is 9.47 Å². The van der Waals surface area contributed by atoms with E-state index in [9.17, 15) is 4.79 Å². The van der Waals surface area contributed by atoms with E-state index in [1.54, 1.807) is 5.57 Å². The summed E-state index contributed by atoms with van der Waals surface area (Å²) >= 11 is 0. The third-order valence-corrected chi connectivity index (χ3v) is 11.5. The Bertz CT molecular complexity index is 771. The standard InChI is InChI=1S/C33H56O3/c1-7-8-9-21-35-31(34)36-26-17-19-32(5)25(22-26)13-14-27-29-16-15-28(24(4)12-10-11-23(2)3)33(29,6)20-18-30(27)32/h13,23-24,26-30H,7-12,14-22H2,1-6H3/t24?,26-,27-,28+,29-,30-,32-,33+/m0/s1. The molecule has 36 heavy (non-hydrogen) atoms. The Morgan fingerprint density at radius 1 is 1.00 bits per heavy atom. The van der Waals surface area contributed by atoms with Gasteiger partial charge in [-0.2, -0.15) is 0 Å². The molecule has 206 valence electrons. The number of carbonyl (C=O) groups is 1. The van der Waals surface area contributed by atoms with Crippen molar-refractivity contribution in [1.29, 1.82) is 0 Å². The van der Waals surface area contributed by atoms with Crippen molar-refractivity contribution in [2.75, 3.05) is 6.61 Å². The molecule has 3 nitrogen and oxygen atoms in total. The summed E-state index contributed by atoms with van der Waals surface area (Å²) in [5.74, 6) is 5.19. The highest BCUT2D eigenvalue weighted by Crippen LogP contribution is 2.67. The van der Waals surface area contributed by atoms with Crippen LogP contribution in [-0.2, 0) is 9.47 Å². The van der Waals surface area contributed by atoms with E-state index < -0.39 is 6.16 Å². The zero-order valence-corrected chi connectivity index (χ0v) is 24.5. The monoisotopic (exact) mass is 500 g/mol. The normalized spacial score (nSPS) is 38.5. The van der Waals surface area contributed by atoms with E-state index >= 15 is 0 Å². The Hall–Kier alpha value is -0.990. The lowest BCUT2D eigenvalue weighted by atomic mass is 9.47. The molecule has 0 saturated heterocycles. The summed E-state index contributed by atoms with van der Waals surface area (Å²) in [6, 6.07) is 0. The van der Waals surface area contributed by atoms with Gasteiger partial charge < -0.3 is 9.47 Å². The van der Waals surface area contributed by atoms with Crippen molar-refractivity contribution in [3.63, 3.8) is 0 Å². The SMILES string of the molecule is CCCCCOC(=O)O[C@H]1CC[C@@]2(C)C(=CC[C@H]3[C@@H]4CC[C@H](C(C)CCCC(C)C)[C@@]4(C)CC[C@@H]32)C1. The Morgan fingerprint density at radius 3 is 2.56 bits per heavy atom. The minimum Gasteiger partial charge on any atom is -0.434 e. The number of allylic oxidation sites excluding steroid dienone is 1. The van der Waals surface area contributed by atoms with E-state index in [2.05, 4.69) is 47.6 Å². The number of fused-ring (bicyclic) bond motifs is 5. The molecular formula is C33H56O3. The summed E-state index contributed by atoms with van der Waals surface area (Å²) in [6.45, 7) is 15.2. The van der Waals surface area contributed by atoms with E-state index in [0.717, 1.165) is 74.0 Å². The first-order valence-corrected chi connectivity index (χ1v) is 15.7. The topological polar surface area (TPSA) is 35.5 Å². The van der Waals surface area contributed by atoms with Crippen LogP contribution in [0, 0.1) is 46.3 Å². The van der Waals surface area contributed by atoms with Crippen molar-refractivity contribution in [3.8, 4) is 0 Å². The number of hydrogen-bond acceptors (Lipinski definition) is 3. The fraction of sp³-hybridized carbons (Fsp3) is 0.909. The first-order valence-electron chi connectivity index (χ1n) is 15.7. The molecule has 0 aliphatic heterocycles. The maximum Gasteiger partial charge on any atom is 0.508 e. The fourth-order valence-corrected chi connectivity index (χ4v) is 9.43. The zero-order chi connectivity index (χ0) is 25.9. The molecule has 0 amide bonds. The average molecular weight is 501 g/mol. The van der Waals surface area contributed by atoms with Crippen LogP contribution in [0.1, 0.15) is 131 Å². The Labute approximate surface area is 222 Å². The van der Waals surface area contributed by atoms with Crippen LogP contribution < -0.4 is 0 Å². The number of ether oxygens (including phenoxy) is 2. The molecule has 8 atom stereocenters. The van der Waals surface area contributed by atoms with Gasteiger partial charge in [0.2, 0.25) is 0 Å². The Kier molecular flexibility index (Phi) is 9.20. The number of carbonyl (C=O) groups excluding carboxylic acids is 1. The van der Waals surface area contributed by atoms with Crippen LogP contribution in [0.4, 0.5) is 4.79 Å². The van der Waals surface area contributed by atoms with Gasteiger partial charge in [0.25, 0.3) is 0 Å². The van der Waals surface area contributed by atoms with Crippen molar-refractivity contribution in [2.45, 2.75) is 138 Å². The molecule has 4 rings (SSSR count). The highest BCUT2D eigenvalue weighted by molar-refractivity contribution is 5.60. The van der Waals surface area contributed by atoms with Gasteiger partial charge in [-0.3, -0.25) is 0 Å². The molecule has 3 heteroatoms. The van der Waals surface area contributed by atoms with Crippen molar-refractivity contribution >= 4 is 6.16 Å². The van der Waals surface area contributed by atoms with Gasteiger partial charge in [-0.1, -0.05) is 85.3 Å². The number of unbranched alkanes of at least 4 members (excludes halogenated alkanes) is 2. The van der Waals surface area contributed by atoms with Crippen molar-refractivity contribution < 1.29 is 14.3 Å². The molecule has 0 aromatic carbocycles. The van der Waals surface area contributed by atoms with Crippen LogP contribution >= 0.6 is 0 Å². The van der Waals surface area contributed by atoms with Crippen molar-refractivity contribution in [3.05, 3.63) is 11.6 Å². The second kappa shape index (κ2) is 11.8. The van der Waals surface area contributed by atoms with Gasteiger partial charge in [0.15, 0.2) is 0 Å². The molecule has 4 aliphatic rings. The van der Waals surface area contributed by atoms with Crippen LogP contribution in [0.3, 0.4) is 0 Å². The van der Waals surface area contributed by atoms with Gasteiger partial charge in [0.1, 0.15) is 6.10 Å². The van der Waals surface area contributed by atoms with Crippen LogP contribution in [0.5, 0.6) is 0 Å². The molecule has 0 N–H and O–H groups in total. The maximum atomic E-state index is 12.2. The second-order valence-corrected chi connectivity index (χ2v) is 14.1. The average Bonchev–Trinajstić information content (AvgIpc) is 3.19. The fourth-order valence-electron chi connectivity index (χ4n) is 9.43. The van der Waals surface area contributed by atoms with E-state index in [0.29, 0.717) is 17.4 Å². The maximum absolute atomic E-state index is 12.2. The molecule has 3 saturated carbocycles. The molecular weight excluding hydrogens is 444 g/mol. The molecule has 1 unspecified atom stereocenters. The lowest BCUT2D eigenvalue weighted by Crippen LogP contribution is -2.51. The van der Waals surface area contributed by atoms with Crippen molar-refractivity contribution in [1.82, 2.24) is 0 Å². The lowest BCUT2D eigenvalue weighted by Gasteiger charge is -2.58. The van der Waals surface area contributed by atoms with Gasteiger partial charge in [0.05, 0.1) is 6.61 Å². The molecule has 0 aromatic rings. The van der Waals surface area contributed by atoms with E-state index in [1.165, 1.54) is 51.4 Å². The van der Waals surface area contributed by atoms with Crippen LogP contribution in [0.2, 0.25) is 0 Å². The van der Waals surface area contributed by atoms with Gasteiger partial charge in [0, 0.05) is 6.42 Å². The molecule has 0 aromatic heterocycles. The summed E-state index contributed by atoms with van der Waals surface area (Å²) in [5.41, 5.74) is 2.43. The quantitative estimate of drug-likeness (QED) is 0.170. The van der Waals surface area contributed by atoms with Gasteiger partial charge >= 0.3 is 6.16 Å². The summed E-state index contributed by atoms with van der Waals surface area (Å²) in [5, 5.41) is 0. The Balaban J connectivity index is 1.36. The summed E-state index contributed by atoms with van der Waals surface area (Å²) in [6.07, 6.45) is 19.5. The molecule has 4 aliphatic carbocycles. The molecule has 0 bridgehead atoms. The predicted octanol–water partition coefficient (Wildman–Crippen LogP) is 9.74. The summed E-state index contributed by atoms with van der Waals surface area (Å²) in [7, 11) is 0. The van der Waals surface area contributed by atoms with Gasteiger partial charge in [-0.05, 0) is 97.7 Å². The van der Waals surface area contributed by atoms with E-state index in [-0.39, 0.29) is 6.10 Å². The largest absolute Gasteiger partial charge is 0.508 e. The third kappa shape index (κ3) is 5.70. The molecule has 3 fully saturated rings. The molecule has 0 heterocycles. The molecule has 0 radical (unpaired) electrons. The molecule has 0 spiro atoms. The summed E-state index contributed by atoms with van der Waals surface area (Å²) < 4.78 is 11.1. The first-order chi connectivity index (χ1) is 17.2. The van der Waals surface area contributed by atoms with Gasteiger partial charge in [-0.15, -0.1) is 0 Å². The highest BCUT2D eigenvalue weighted by Gasteiger charge is 2.59. The van der Waals surface area contributed by atoms with Crippen molar-refractivity contribution in [2.24, 2.45) is 46.3 Å². The Morgan fingerprint density at radius 2 is 1.81 bits per heavy atom. The number of rotatable bonds is 10. The first kappa shape index (κ1) is 28.0. The second-order valence-electron chi connectivity index (χ2n) is 14.1. The van der Waals surface area contributed by atoms with E-state index in [1.807, 2.05) is 0 Å². The van der Waals surface area contributed by atoms with Crippen LogP contribution in [0.15, 0.2) is 11.6 Å². The van der Waals surface area contributed by atoms with Gasteiger partial charge in [-0.25, -0.2) is 4.79 Å². The van der Waals surface area contributed by atoms with Crippen LogP contribution in [-0.4, -0.2) is 18.9 Å². The van der Waals surface area contributed by atoms with Crippen LogP contribution in [0.25, 0.3) is 0 Å². The number of hydrogen-bond donors (Lipinski definition) is 0. The lowest BCUT2D eigenvalue weighted by molar-refractivity contribution is -0.0617.